The van der Waals surface area contributed by atoms with Gasteiger partial charge in [-0.2, -0.15) is 22.2 Å². The number of hydrogen-bond donors (Lipinski definition) is 3. The summed E-state index contributed by atoms with van der Waals surface area (Å²) in [6.45, 7) is 0. The monoisotopic (exact) mass is 335 g/mol. The summed E-state index contributed by atoms with van der Waals surface area (Å²) in [5, 5.41) is -0.677. The average Bonchev–Trinajstić information content (AvgIpc) is 2.37. The lowest BCUT2D eigenvalue weighted by Gasteiger charge is -2.13. The minimum Gasteiger partial charge on any atom is -0.399 e. The first kappa shape index (κ1) is 15.4. The molecule has 6 nitrogen and oxygen atoms in total. The van der Waals surface area contributed by atoms with Crippen LogP contribution in [0.1, 0.15) is 0 Å². The van der Waals surface area contributed by atoms with Crippen LogP contribution in [0.5, 0.6) is 0 Å². The Morgan fingerprint density at radius 3 is 2.38 bits per heavy atom. The number of nitrogens with zero attached hydrogens (tertiary/aromatic N) is 1. The van der Waals surface area contributed by atoms with Crippen molar-refractivity contribution in [3.05, 3.63) is 35.1 Å². The van der Waals surface area contributed by atoms with Gasteiger partial charge in [0.1, 0.15) is 9.92 Å². The molecule has 0 aliphatic carbocycles. The van der Waals surface area contributed by atoms with Gasteiger partial charge in [-0.15, -0.1) is 0 Å². The van der Waals surface area contributed by atoms with E-state index in [9.17, 15) is 21.8 Å². The van der Waals surface area contributed by atoms with Crippen LogP contribution in [0, 0.1) is 11.9 Å². The second-order valence-electron chi connectivity index (χ2n) is 4.03. The van der Waals surface area contributed by atoms with E-state index in [1.165, 1.54) is 6.07 Å². The molecule has 0 aliphatic rings. The van der Waals surface area contributed by atoms with Crippen LogP contribution in [0.2, 0.25) is 5.02 Å². The lowest BCUT2D eigenvalue weighted by atomic mass is 10.0. The largest absolute Gasteiger partial charge is 0.399 e. The zero-order valence-electron chi connectivity index (χ0n) is 10.1. The molecular formula is C11H8ClF2N3O3S. The van der Waals surface area contributed by atoms with Crippen molar-refractivity contribution in [1.29, 1.82) is 0 Å². The van der Waals surface area contributed by atoms with E-state index < -0.39 is 43.2 Å². The van der Waals surface area contributed by atoms with Gasteiger partial charge in [0, 0.05) is 16.8 Å². The van der Waals surface area contributed by atoms with E-state index in [1.807, 2.05) is 0 Å². The number of hydrogen-bond acceptors (Lipinski definition) is 5. The summed E-state index contributed by atoms with van der Waals surface area (Å²) in [6.07, 6.45) is 0. The molecule has 0 unspecified atom stereocenters. The number of anilines is 2. The highest BCUT2D eigenvalue weighted by Gasteiger charge is 2.24. The lowest BCUT2D eigenvalue weighted by Crippen LogP contribution is -2.06. The number of nitrogens with two attached hydrogens (primary N) is 2. The van der Waals surface area contributed by atoms with Crippen LogP contribution in [-0.2, 0) is 10.1 Å². The highest BCUT2D eigenvalue weighted by atomic mass is 35.5. The highest BCUT2D eigenvalue weighted by Crippen LogP contribution is 2.39. The molecular weight excluding hydrogens is 328 g/mol. The van der Waals surface area contributed by atoms with E-state index in [2.05, 4.69) is 4.98 Å². The molecule has 0 radical (unpaired) electrons. The molecule has 1 aromatic heterocycles. The predicted molar refractivity (Wildman–Crippen MR) is 73.2 cm³/mol. The second kappa shape index (κ2) is 5.10. The molecule has 1 aromatic carbocycles. The summed E-state index contributed by atoms with van der Waals surface area (Å²) in [5.74, 6) is -2.72. The van der Waals surface area contributed by atoms with Crippen LogP contribution in [0.25, 0.3) is 11.1 Å². The number of benzene rings is 1. The Labute approximate surface area is 123 Å². The van der Waals surface area contributed by atoms with Crippen molar-refractivity contribution in [2.75, 3.05) is 11.5 Å². The molecule has 0 bridgehead atoms. The number of rotatable bonds is 2. The summed E-state index contributed by atoms with van der Waals surface area (Å²) in [6, 6.07) is 3.29. The fraction of sp³-hybridized carbons (Fsp3) is 0. The molecule has 5 N–H and O–H groups in total. The van der Waals surface area contributed by atoms with Crippen LogP contribution in [-0.4, -0.2) is 18.0 Å². The molecule has 0 saturated heterocycles. The smallest absolute Gasteiger partial charge is 0.295 e. The van der Waals surface area contributed by atoms with Crippen LogP contribution < -0.4 is 11.5 Å². The van der Waals surface area contributed by atoms with Gasteiger partial charge in [0.2, 0.25) is 11.9 Å². The Hall–Kier alpha value is -1.97. The third-order valence-electron chi connectivity index (χ3n) is 2.64. The van der Waals surface area contributed by atoms with Crippen molar-refractivity contribution in [3.63, 3.8) is 0 Å². The van der Waals surface area contributed by atoms with Gasteiger partial charge in [-0.05, 0) is 12.1 Å². The minimum absolute atomic E-state index is 0.0102. The van der Waals surface area contributed by atoms with Crippen molar-refractivity contribution in [1.82, 2.24) is 4.98 Å². The predicted octanol–water partition coefficient (Wildman–Crippen LogP) is 2.09. The molecule has 0 aliphatic heterocycles. The Morgan fingerprint density at radius 2 is 1.81 bits per heavy atom. The van der Waals surface area contributed by atoms with Gasteiger partial charge in [-0.25, -0.2) is 0 Å². The van der Waals surface area contributed by atoms with Gasteiger partial charge in [-0.1, -0.05) is 17.7 Å². The highest BCUT2D eigenvalue weighted by molar-refractivity contribution is 7.86. The number of halogens is 3. The van der Waals surface area contributed by atoms with Crippen LogP contribution in [0.15, 0.2) is 23.1 Å². The van der Waals surface area contributed by atoms with E-state index >= 15 is 0 Å². The van der Waals surface area contributed by atoms with Crippen molar-refractivity contribution in [2.45, 2.75) is 4.90 Å². The molecule has 21 heavy (non-hydrogen) atoms. The SMILES string of the molecule is Nc1ccc(-c2c(N)c(F)nc(F)c2Cl)c(S(=O)(=O)O)c1. The molecule has 112 valence electrons. The Bertz CT molecular complexity index is 817. The van der Waals surface area contributed by atoms with Gasteiger partial charge in [-0.3, -0.25) is 4.55 Å². The fourth-order valence-corrected chi connectivity index (χ4v) is 2.72. The van der Waals surface area contributed by atoms with Crippen molar-refractivity contribution in [3.8, 4) is 11.1 Å². The zero-order chi connectivity index (χ0) is 15.9. The van der Waals surface area contributed by atoms with E-state index in [-0.39, 0.29) is 11.3 Å². The molecule has 0 fully saturated rings. The zero-order valence-corrected chi connectivity index (χ0v) is 11.7. The molecule has 10 heteroatoms. The first-order chi connectivity index (χ1) is 9.62. The summed E-state index contributed by atoms with van der Waals surface area (Å²) < 4.78 is 58.9. The Morgan fingerprint density at radius 1 is 1.19 bits per heavy atom. The summed E-state index contributed by atoms with van der Waals surface area (Å²) in [4.78, 5) is 2.16. The maximum absolute atomic E-state index is 13.4. The van der Waals surface area contributed by atoms with Gasteiger partial charge in [0.15, 0.2) is 0 Å². The molecule has 0 amide bonds. The van der Waals surface area contributed by atoms with Gasteiger partial charge in [0.25, 0.3) is 10.1 Å². The normalized spacial score (nSPS) is 11.6. The van der Waals surface area contributed by atoms with Crippen molar-refractivity contribution < 1.29 is 21.8 Å². The van der Waals surface area contributed by atoms with Gasteiger partial charge < -0.3 is 11.5 Å². The van der Waals surface area contributed by atoms with Crippen LogP contribution >= 0.6 is 11.6 Å². The molecule has 0 atom stereocenters. The van der Waals surface area contributed by atoms with Crippen molar-refractivity contribution >= 4 is 33.1 Å². The first-order valence-electron chi connectivity index (χ1n) is 5.30. The molecule has 1 heterocycles. The summed E-state index contributed by atoms with van der Waals surface area (Å²) in [7, 11) is -4.72. The van der Waals surface area contributed by atoms with Crippen molar-refractivity contribution in [2.24, 2.45) is 0 Å². The summed E-state index contributed by atoms with van der Waals surface area (Å²) in [5.41, 5.74) is 9.50. The van der Waals surface area contributed by atoms with E-state index in [4.69, 9.17) is 23.1 Å². The van der Waals surface area contributed by atoms with Crippen LogP contribution in [0.4, 0.5) is 20.2 Å². The van der Waals surface area contributed by atoms with Crippen LogP contribution in [0.3, 0.4) is 0 Å². The maximum Gasteiger partial charge on any atom is 0.295 e. The molecule has 2 rings (SSSR count). The minimum atomic E-state index is -4.72. The fourth-order valence-electron chi connectivity index (χ4n) is 1.74. The maximum atomic E-state index is 13.4. The third-order valence-corrected chi connectivity index (χ3v) is 3.88. The van der Waals surface area contributed by atoms with E-state index in [0.717, 1.165) is 12.1 Å². The number of aromatic nitrogens is 1. The topological polar surface area (TPSA) is 119 Å². The Balaban J connectivity index is 2.93. The van der Waals surface area contributed by atoms with E-state index in [1.54, 1.807) is 0 Å². The number of nitrogen functional groups attached to an aromatic ring is 2. The standard InChI is InChI=1S/C11H8ClF2N3O3S/c12-8-7(9(16)11(14)17-10(8)13)5-2-1-4(15)3-6(5)21(18,19)20/h1-3H,15-16H2,(H,18,19,20). The quantitative estimate of drug-likeness (QED) is 0.439. The third kappa shape index (κ3) is 2.75. The molecule has 0 saturated carbocycles. The lowest BCUT2D eigenvalue weighted by molar-refractivity contribution is 0.483. The van der Waals surface area contributed by atoms with Gasteiger partial charge >= 0.3 is 0 Å². The molecule has 2 aromatic rings. The average molecular weight is 336 g/mol. The first-order valence-corrected chi connectivity index (χ1v) is 7.12. The second-order valence-corrected chi connectivity index (χ2v) is 5.79. The van der Waals surface area contributed by atoms with Gasteiger partial charge in [0.05, 0.1) is 5.69 Å². The molecule has 0 spiro atoms. The van der Waals surface area contributed by atoms with E-state index in [0.29, 0.717) is 0 Å². The Kier molecular flexibility index (Phi) is 3.74. The number of pyridine rings is 1. The summed E-state index contributed by atoms with van der Waals surface area (Å²) >= 11 is 5.67.